The van der Waals surface area contributed by atoms with Crippen LogP contribution in [0.25, 0.3) is 0 Å². The van der Waals surface area contributed by atoms with E-state index in [2.05, 4.69) is 10.2 Å². The lowest BCUT2D eigenvalue weighted by Crippen LogP contribution is -2.43. The van der Waals surface area contributed by atoms with E-state index in [1.165, 1.54) is 25.5 Å². The molecule has 1 atom stereocenters. The average Bonchev–Trinajstić information content (AvgIpc) is 2.83. The maximum Gasteiger partial charge on any atom is 0.211 e. The fraction of sp³-hybridized carbons (Fsp3) is 0.615. The Morgan fingerprint density at radius 3 is 3.00 bits per heavy atom. The highest BCUT2D eigenvalue weighted by Crippen LogP contribution is 2.08. The van der Waals surface area contributed by atoms with E-state index in [4.69, 9.17) is 4.42 Å². The van der Waals surface area contributed by atoms with Crippen molar-refractivity contribution in [3.05, 3.63) is 24.2 Å². The first-order chi connectivity index (χ1) is 8.25. The van der Waals surface area contributed by atoms with Gasteiger partial charge in [-0.25, -0.2) is 0 Å². The summed E-state index contributed by atoms with van der Waals surface area (Å²) < 4.78 is 5.09. The van der Waals surface area contributed by atoms with Crippen LogP contribution in [-0.2, 0) is 0 Å². The Balaban J connectivity index is 0.00000162. The molecule has 2 heterocycles. The lowest BCUT2D eigenvalue weighted by atomic mass is 10.0. The zero-order chi connectivity index (χ0) is 12.1. The van der Waals surface area contributed by atoms with E-state index in [-0.39, 0.29) is 18.2 Å². The second-order valence-electron chi connectivity index (χ2n) is 4.74. The van der Waals surface area contributed by atoms with Gasteiger partial charge in [0.1, 0.15) is 0 Å². The van der Waals surface area contributed by atoms with Crippen molar-refractivity contribution >= 4 is 18.2 Å². The summed E-state index contributed by atoms with van der Waals surface area (Å²) in [5.41, 5.74) is 0. The fourth-order valence-corrected chi connectivity index (χ4v) is 2.28. The van der Waals surface area contributed by atoms with Crippen molar-refractivity contribution in [2.45, 2.75) is 25.3 Å². The number of halogens is 1. The molecule has 102 valence electrons. The maximum atomic E-state index is 11.8. The van der Waals surface area contributed by atoms with Gasteiger partial charge in [0.05, 0.1) is 12.8 Å². The van der Waals surface area contributed by atoms with Gasteiger partial charge in [-0.3, -0.25) is 9.69 Å². The van der Waals surface area contributed by atoms with Gasteiger partial charge < -0.3 is 9.73 Å². The lowest BCUT2D eigenvalue weighted by Gasteiger charge is -2.27. The molecule has 0 spiro atoms. The number of furan rings is 1. The van der Waals surface area contributed by atoms with Gasteiger partial charge in [-0.1, -0.05) is 6.42 Å². The van der Waals surface area contributed by atoms with Crippen LogP contribution in [0.2, 0.25) is 0 Å². The summed E-state index contributed by atoms with van der Waals surface area (Å²) in [7, 11) is 1.98. The van der Waals surface area contributed by atoms with Gasteiger partial charge in [0.2, 0.25) is 5.78 Å². The highest BCUT2D eigenvalue weighted by Gasteiger charge is 2.17. The molecule has 1 aromatic rings. The van der Waals surface area contributed by atoms with Crippen LogP contribution in [0.4, 0.5) is 0 Å². The van der Waals surface area contributed by atoms with E-state index >= 15 is 0 Å². The standard InChI is InChI=1S/C13H20N2O2.ClH/c1-15(9-11-5-2-3-7-14-11)10-12(16)13-6-4-8-17-13;/h4,6,8,11,14H,2-3,5,7,9-10H2,1H3;1H. The summed E-state index contributed by atoms with van der Waals surface area (Å²) in [5, 5.41) is 3.48. The van der Waals surface area contributed by atoms with E-state index in [9.17, 15) is 4.79 Å². The SMILES string of the molecule is CN(CC(=O)c1ccco1)CC1CCCCN1.Cl. The smallest absolute Gasteiger partial charge is 0.211 e. The average molecular weight is 273 g/mol. The van der Waals surface area contributed by atoms with Crippen molar-refractivity contribution < 1.29 is 9.21 Å². The molecule has 1 fully saturated rings. The molecule has 1 unspecified atom stereocenters. The highest BCUT2D eigenvalue weighted by molar-refractivity contribution is 5.94. The van der Waals surface area contributed by atoms with Crippen LogP contribution in [0.1, 0.15) is 29.8 Å². The third-order valence-electron chi connectivity index (χ3n) is 3.15. The Morgan fingerprint density at radius 2 is 2.39 bits per heavy atom. The van der Waals surface area contributed by atoms with Gasteiger partial charge in [0.25, 0.3) is 0 Å². The van der Waals surface area contributed by atoms with Crippen molar-refractivity contribution in [2.75, 3.05) is 26.7 Å². The first-order valence-corrected chi connectivity index (χ1v) is 6.24. The number of hydrogen-bond donors (Lipinski definition) is 1. The van der Waals surface area contributed by atoms with Gasteiger partial charge in [-0.2, -0.15) is 0 Å². The third kappa shape index (κ3) is 4.44. The number of carbonyl (C=O) groups is 1. The molecular weight excluding hydrogens is 252 g/mol. The van der Waals surface area contributed by atoms with Crippen molar-refractivity contribution in [2.24, 2.45) is 0 Å². The Bertz CT molecular complexity index is 348. The molecule has 0 aromatic carbocycles. The lowest BCUT2D eigenvalue weighted by molar-refractivity contribution is 0.0911. The molecule has 0 bridgehead atoms. The van der Waals surface area contributed by atoms with Gasteiger partial charge in [0, 0.05) is 12.6 Å². The largest absolute Gasteiger partial charge is 0.461 e. The molecule has 18 heavy (non-hydrogen) atoms. The number of nitrogens with zero attached hydrogens (tertiary/aromatic N) is 1. The molecule has 1 aromatic heterocycles. The van der Waals surface area contributed by atoms with Crippen molar-refractivity contribution in [1.82, 2.24) is 10.2 Å². The summed E-state index contributed by atoms with van der Waals surface area (Å²) >= 11 is 0. The van der Waals surface area contributed by atoms with Crippen LogP contribution in [0.3, 0.4) is 0 Å². The molecule has 1 saturated heterocycles. The number of piperidine rings is 1. The van der Waals surface area contributed by atoms with Crippen LogP contribution in [0.5, 0.6) is 0 Å². The van der Waals surface area contributed by atoms with Crippen LogP contribution in [0.15, 0.2) is 22.8 Å². The van der Waals surface area contributed by atoms with Crippen LogP contribution in [-0.4, -0.2) is 43.4 Å². The summed E-state index contributed by atoms with van der Waals surface area (Å²) in [6.07, 6.45) is 5.30. The van der Waals surface area contributed by atoms with Crippen molar-refractivity contribution in [3.63, 3.8) is 0 Å². The van der Waals surface area contributed by atoms with E-state index in [1.54, 1.807) is 12.1 Å². The maximum absolute atomic E-state index is 11.8. The number of nitrogens with one attached hydrogen (secondary N) is 1. The first kappa shape index (κ1) is 15.2. The number of carbonyl (C=O) groups excluding carboxylic acids is 1. The van der Waals surface area contributed by atoms with Gasteiger partial charge in [0.15, 0.2) is 5.76 Å². The summed E-state index contributed by atoms with van der Waals surface area (Å²) in [4.78, 5) is 13.9. The third-order valence-corrected chi connectivity index (χ3v) is 3.15. The van der Waals surface area contributed by atoms with Crippen molar-refractivity contribution in [1.29, 1.82) is 0 Å². The van der Waals surface area contributed by atoms with Crippen LogP contribution < -0.4 is 5.32 Å². The Hall–Kier alpha value is -0.840. The molecule has 0 saturated carbocycles. The molecule has 0 aliphatic carbocycles. The molecule has 1 aliphatic heterocycles. The Labute approximate surface area is 114 Å². The van der Waals surface area contributed by atoms with Gasteiger partial charge in [-0.15, -0.1) is 12.4 Å². The summed E-state index contributed by atoms with van der Waals surface area (Å²) in [6.45, 7) is 2.45. The second-order valence-corrected chi connectivity index (χ2v) is 4.74. The minimum absolute atomic E-state index is 0. The van der Waals surface area contributed by atoms with Crippen molar-refractivity contribution in [3.8, 4) is 0 Å². The van der Waals surface area contributed by atoms with Gasteiger partial charge >= 0.3 is 0 Å². The molecular formula is C13H21ClN2O2. The number of Topliss-reactive ketones (excluding diaryl/α,β-unsaturated/α-hetero) is 1. The number of rotatable bonds is 5. The Kier molecular flexibility index (Phi) is 6.39. The second kappa shape index (κ2) is 7.56. The normalized spacial score (nSPS) is 19.6. The molecule has 0 radical (unpaired) electrons. The van der Waals surface area contributed by atoms with E-state index in [0.717, 1.165) is 13.1 Å². The predicted octanol–water partition coefficient (Wildman–Crippen LogP) is 1.96. The van der Waals surface area contributed by atoms with Gasteiger partial charge in [-0.05, 0) is 38.6 Å². The minimum Gasteiger partial charge on any atom is -0.461 e. The molecule has 1 N–H and O–H groups in total. The minimum atomic E-state index is 0. The zero-order valence-electron chi connectivity index (χ0n) is 10.7. The summed E-state index contributed by atoms with van der Waals surface area (Å²) in [6, 6.07) is 3.99. The topological polar surface area (TPSA) is 45.5 Å². The molecule has 4 nitrogen and oxygen atoms in total. The fourth-order valence-electron chi connectivity index (χ4n) is 2.28. The molecule has 2 rings (SSSR count). The number of ketones is 1. The number of likely N-dealkylation sites (N-methyl/N-ethyl adjacent to an activating group) is 1. The Morgan fingerprint density at radius 1 is 1.56 bits per heavy atom. The van der Waals surface area contributed by atoms with E-state index in [0.29, 0.717) is 18.3 Å². The molecule has 0 amide bonds. The number of hydrogen-bond acceptors (Lipinski definition) is 4. The van der Waals surface area contributed by atoms with E-state index < -0.39 is 0 Å². The van der Waals surface area contributed by atoms with E-state index in [1.807, 2.05) is 7.05 Å². The zero-order valence-corrected chi connectivity index (χ0v) is 11.5. The quantitative estimate of drug-likeness (QED) is 0.833. The first-order valence-electron chi connectivity index (χ1n) is 6.24. The highest BCUT2D eigenvalue weighted by atomic mass is 35.5. The molecule has 5 heteroatoms. The van der Waals surface area contributed by atoms with Crippen LogP contribution >= 0.6 is 12.4 Å². The van der Waals surface area contributed by atoms with Crippen LogP contribution in [0, 0.1) is 0 Å². The predicted molar refractivity (Wildman–Crippen MR) is 73.4 cm³/mol. The summed E-state index contributed by atoms with van der Waals surface area (Å²) in [5.74, 6) is 0.502. The molecule has 1 aliphatic rings. The monoisotopic (exact) mass is 272 g/mol.